The fraction of sp³-hybridized carbons (Fsp3) is 0.273. The zero-order valence-corrected chi connectivity index (χ0v) is 17.7. The Morgan fingerprint density at radius 3 is 2.60 bits per heavy atom. The van der Waals surface area contributed by atoms with E-state index in [-0.39, 0.29) is 30.9 Å². The lowest BCUT2D eigenvalue weighted by atomic mass is 10.1. The van der Waals surface area contributed by atoms with Gasteiger partial charge in [-0.25, -0.2) is 0 Å². The van der Waals surface area contributed by atoms with Gasteiger partial charge in [-0.05, 0) is 45.0 Å². The highest BCUT2D eigenvalue weighted by Gasteiger charge is 2.21. The fourth-order valence-corrected chi connectivity index (χ4v) is 3.01. The second kappa shape index (κ2) is 9.54. The second-order valence-electron chi connectivity index (χ2n) is 6.97. The number of ether oxygens (including phenoxy) is 1. The zero-order chi connectivity index (χ0) is 21.7. The molecule has 2 aromatic carbocycles. The number of carbonyl (C=O) groups excluding carboxylic acids is 2. The molecule has 1 heterocycles. The number of hydrogen-bond donors (Lipinski definition) is 0. The van der Waals surface area contributed by atoms with Crippen molar-refractivity contribution in [3.05, 3.63) is 65.0 Å². The molecule has 7 nitrogen and oxygen atoms in total. The van der Waals surface area contributed by atoms with Crippen LogP contribution in [0.25, 0.3) is 11.5 Å². The van der Waals surface area contributed by atoms with Crippen LogP contribution < -0.4 is 4.74 Å². The van der Waals surface area contributed by atoms with Crippen LogP contribution in [0.1, 0.15) is 37.0 Å². The maximum atomic E-state index is 12.7. The minimum absolute atomic E-state index is 0.0682. The Balaban J connectivity index is 1.67. The van der Waals surface area contributed by atoms with Crippen molar-refractivity contribution in [3.8, 4) is 17.2 Å². The number of amides is 1. The standard InChI is InChI=1S/C22H22ClN3O4/c1-14(2)26(21(28)13-29-17-8-6-7-16(11-17)15(3)27)12-20-24-25-22(30-20)18-9-4-5-10-19(18)23/h4-11,14H,12-13H2,1-3H3. The number of aromatic nitrogens is 2. The van der Waals surface area contributed by atoms with Gasteiger partial charge in [0.05, 0.1) is 17.1 Å². The summed E-state index contributed by atoms with van der Waals surface area (Å²) >= 11 is 6.17. The van der Waals surface area contributed by atoms with Crippen LogP contribution in [0.5, 0.6) is 5.75 Å². The predicted molar refractivity (Wildman–Crippen MR) is 112 cm³/mol. The van der Waals surface area contributed by atoms with Gasteiger partial charge in [0.25, 0.3) is 5.91 Å². The molecule has 0 saturated carbocycles. The minimum atomic E-state index is -0.240. The summed E-state index contributed by atoms with van der Waals surface area (Å²) in [4.78, 5) is 25.8. The van der Waals surface area contributed by atoms with E-state index < -0.39 is 0 Å². The first-order valence-electron chi connectivity index (χ1n) is 9.45. The SMILES string of the molecule is CC(=O)c1cccc(OCC(=O)N(Cc2nnc(-c3ccccc3Cl)o2)C(C)C)c1. The maximum absolute atomic E-state index is 12.7. The maximum Gasteiger partial charge on any atom is 0.261 e. The fourth-order valence-electron chi connectivity index (χ4n) is 2.80. The van der Waals surface area contributed by atoms with E-state index in [0.717, 1.165) is 0 Å². The first-order chi connectivity index (χ1) is 14.3. The Labute approximate surface area is 179 Å². The highest BCUT2D eigenvalue weighted by Crippen LogP contribution is 2.26. The molecule has 3 aromatic rings. The summed E-state index contributed by atoms with van der Waals surface area (Å²) in [5.74, 6) is 0.741. The Hall–Kier alpha value is -3.19. The van der Waals surface area contributed by atoms with E-state index in [4.69, 9.17) is 20.8 Å². The van der Waals surface area contributed by atoms with Crippen LogP contribution in [0.3, 0.4) is 0 Å². The molecule has 0 unspecified atom stereocenters. The highest BCUT2D eigenvalue weighted by atomic mass is 35.5. The molecule has 0 saturated heterocycles. The molecule has 1 aromatic heterocycles. The third-order valence-corrected chi connectivity index (χ3v) is 4.75. The van der Waals surface area contributed by atoms with Crippen LogP contribution in [0.15, 0.2) is 52.9 Å². The quantitative estimate of drug-likeness (QED) is 0.495. The van der Waals surface area contributed by atoms with Crippen molar-refractivity contribution < 1.29 is 18.7 Å². The van der Waals surface area contributed by atoms with E-state index in [1.54, 1.807) is 41.3 Å². The molecule has 0 radical (unpaired) electrons. The molecular formula is C22H22ClN3O4. The number of nitrogens with zero attached hydrogens (tertiary/aromatic N) is 3. The number of benzene rings is 2. The zero-order valence-electron chi connectivity index (χ0n) is 17.0. The molecule has 156 valence electrons. The Morgan fingerprint density at radius 2 is 1.90 bits per heavy atom. The summed E-state index contributed by atoms with van der Waals surface area (Å²) < 4.78 is 11.3. The van der Waals surface area contributed by atoms with Crippen LogP contribution in [0.2, 0.25) is 5.02 Å². The van der Waals surface area contributed by atoms with Crippen LogP contribution in [-0.4, -0.2) is 39.4 Å². The Kier molecular flexibility index (Phi) is 6.84. The van der Waals surface area contributed by atoms with Crippen LogP contribution >= 0.6 is 11.6 Å². The van der Waals surface area contributed by atoms with Gasteiger partial charge in [0.1, 0.15) is 5.75 Å². The average molecular weight is 428 g/mol. The molecule has 1 amide bonds. The van der Waals surface area contributed by atoms with Crippen molar-refractivity contribution in [2.45, 2.75) is 33.4 Å². The summed E-state index contributed by atoms with van der Waals surface area (Å²) in [5, 5.41) is 8.58. The van der Waals surface area contributed by atoms with Gasteiger partial charge < -0.3 is 14.1 Å². The summed E-state index contributed by atoms with van der Waals surface area (Å²) in [7, 11) is 0. The van der Waals surface area contributed by atoms with Crippen molar-refractivity contribution >= 4 is 23.3 Å². The smallest absolute Gasteiger partial charge is 0.261 e. The van der Waals surface area contributed by atoms with Crippen molar-refractivity contribution in [1.82, 2.24) is 15.1 Å². The van der Waals surface area contributed by atoms with Crippen molar-refractivity contribution in [1.29, 1.82) is 0 Å². The molecule has 0 aliphatic carbocycles. The first kappa shape index (κ1) is 21.5. The number of carbonyl (C=O) groups is 2. The molecule has 0 N–H and O–H groups in total. The molecule has 0 bridgehead atoms. The van der Waals surface area contributed by atoms with E-state index in [0.29, 0.717) is 33.7 Å². The summed E-state index contributed by atoms with van der Waals surface area (Å²) in [6.07, 6.45) is 0. The normalized spacial score (nSPS) is 10.8. The lowest BCUT2D eigenvalue weighted by Gasteiger charge is -2.25. The van der Waals surface area contributed by atoms with Crippen molar-refractivity contribution in [3.63, 3.8) is 0 Å². The molecule has 30 heavy (non-hydrogen) atoms. The molecule has 3 rings (SSSR count). The second-order valence-corrected chi connectivity index (χ2v) is 7.38. The first-order valence-corrected chi connectivity index (χ1v) is 9.83. The van der Waals surface area contributed by atoms with Gasteiger partial charge in [-0.1, -0.05) is 35.9 Å². The number of halogens is 1. The van der Waals surface area contributed by atoms with E-state index in [1.165, 1.54) is 6.92 Å². The highest BCUT2D eigenvalue weighted by molar-refractivity contribution is 6.33. The predicted octanol–water partition coefficient (Wildman–Crippen LogP) is 4.41. The molecule has 0 spiro atoms. The lowest BCUT2D eigenvalue weighted by Crippen LogP contribution is -2.39. The molecule has 0 atom stereocenters. The third-order valence-electron chi connectivity index (χ3n) is 4.42. The van der Waals surface area contributed by atoms with E-state index >= 15 is 0 Å². The number of hydrogen-bond acceptors (Lipinski definition) is 6. The van der Waals surface area contributed by atoms with Gasteiger partial charge in [-0.2, -0.15) is 0 Å². The van der Waals surface area contributed by atoms with Gasteiger partial charge in [-0.3, -0.25) is 9.59 Å². The molecular weight excluding hydrogens is 406 g/mol. The largest absolute Gasteiger partial charge is 0.484 e. The van der Waals surface area contributed by atoms with E-state index in [1.807, 2.05) is 26.0 Å². The van der Waals surface area contributed by atoms with Crippen molar-refractivity contribution in [2.75, 3.05) is 6.61 Å². The Morgan fingerprint density at radius 1 is 1.13 bits per heavy atom. The number of Topliss-reactive ketones (excluding diaryl/α,β-unsaturated/α-hetero) is 1. The third kappa shape index (κ3) is 5.24. The average Bonchev–Trinajstić information content (AvgIpc) is 3.19. The molecule has 0 aliphatic rings. The van der Waals surface area contributed by atoms with E-state index in [9.17, 15) is 9.59 Å². The van der Waals surface area contributed by atoms with Gasteiger partial charge >= 0.3 is 0 Å². The molecule has 8 heteroatoms. The van der Waals surface area contributed by atoms with Crippen molar-refractivity contribution in [2.24, 2.45) is 0 Å². The molecule has 0 aliphatic heterocycles. The topological polar surface area (TPSA) is 85.5 Å². The summed E-state index contributed by atoms with van der Waals surface area (Å²) in [5.41, 5.74) is 1.16. The summed E-state index contributed by atoms with van der Waals surface area (Å²) in [6, 6.07) is 13.8. The monoisotopic (exact) mass is 427 g/mol. The Bertz CT molecular complexity index is 1050. The van der Waals surface area contributed by atoms with Crippen LogP contribution in [-0.2, 0) is 11.3 Å². The van der Waals surface area contributed by atoms with Gasteiger partial charge in [0.15, 0.2) is 12.4 Å². The van der Waals surface area contributed by atoms with Gasteiger partial charge in [-0.15, -0.1) is 10.2 Å². The van der Waals surface area contributed by atoms with E-state index in [2.05, 4.69) is 10.2 Å². The number of ketones is 1. The lowest BCUT2D eigenvalue weighted by molar-refractivity contribution is -0.136. The summed E-state index contributed by atoms with van der Waals surface area (Å²) in [6.45, 7) is 5.22. The van der Waals surface area contributed by atoms with Crippen LogP contribution in [0.4, 0.5) is 0 Å². The minimum Gasteiger partial charge on any atom is -0.484 e. The molecule has 0 fully saturated rings. The number of rotatable bonds is 8. The van der Waals surface area contributed by atoms with Gasteiger partial charge in [0.2, 0.25) is 11.8 Å². The van der Waals surface area contributed by atoms with Gasteiger partial charge in [0, 0.05) is 11.6 Å². The van der Waals surface area contributed by atoms with Crippen LogP contribution in [0, 0.1) is 0 Å².